The van der Waals surface area contributed by atoms with Gasteiger partial charge in [-0.2, -0.15) is 5.10 Å². The van der Waals surface area contributed by atoms with E-state index < -0.39 is 0 Å². The van der Waals surface area contributed by atoms with Crippen molar-refractivity contribution < 1.29 is 9.59 Å². The summed E-state index contributed by atoms with van der Waals surface area (Å²) in [7, 11) is 0. The summed E-state index contributed by atoms with van der Waals surface area (Å²) in [4.78, 5) is 24.4. The summed E-state index contributed by atoms with van der Waals surface area (Å²) in [5.41, 5.74) is 0.810. The van der Waals surface area contributed by atoms with Crippen LogP contribution in [0.2, 0.25) is 5.02 Å². The van der Waals surface area contributed by atoms with Crippen LogP contribution in [0.3, 0.4) is 0 Å². The van der Waals surface area contributed by atoms with Gasteiger partial charge in [0, 0.05) is 29.6 Å². The average molecular weight is 422 g/mol. The van der Waals surface area contributed by atoms with Crippen LogP contribution in [0.4, 0.5) is 0 Å². The Morgan fingerprint density at radius 2 is 1.82 bits per heavy atom. The van der Waals surface area contributed by atoms with E-state index >= 15 is 0 Å². The predicted octanol–water partition coefficient (Wildman–Crippen LogP) is 3.07. The number of hydrogen-bond acceptors (Lipinski definition) is 4. The first-order valence-corrected chi connectivity index (χ1v) is 10.3. The molecule has 1 fully saturated rings. The van der Waals surface area contributed by atoms with E-state index in [1.54, 1.807) is 16.7 Å². The number of benzene rings is 1. The standard InChI is InChI=1S/C19H24ClN5O2S/c20-15-8-6-13(7-9-15)17-23-24-19(28)25(17)12-16(26)21-10-11-22-18(27)14-4-2-1-3-5-14/h6-9,14H,1-5,10-12H2,(H,21,26)(H,22,27)(H,24,28). The Morgan fingerprint density at radius 3 is 2.54 bits per heavy atom. The molecule has 0 aliphatic heterocycles. The van der Waals surface area contributed by atoms with Gasteiger partial charge < -0.3 is 10.6 Å². The van der Waals surface area contributed by atoms with E-state index in [0.717, 1.165) is 31.2 Å². The molecule has 0 radical (unpaired) electrons. The van der Waals surface area contributed by atoms with E-state index in [2.05, 4.69) is 20.8 Å². The normalized spacial score (nSPS) is 14.6. The first-order valence-electron chi connectivity index (χ1n) is 9.50. The van der Waals surface area contributed by atoms with Crippen LogP contribution in [0, 0.1) is 10.7 Å². The second-order valence-electron chi connectivity index (χ2n) is 6.92. The van der Waals surface area contributed by atoms with E-state index in [9.17, 15) is 9.59 Å². The van der Waals surface area contributed by atoms with Crippen LogP contribution in [0.15, 0.2) is 24.3 Å². The zero-order valence-electron chi connectivity index (χ0n) is 15.5. The van der Waals surface area contributed by atoms with E-state index in [4.69, 9.17) is 23.8 Å². The van der Waals surface area contributed by atoms with Gasteiger partial charge in [0.15, 0.2) is 10.6 Å². The molecule has 1 aliphatic rings. The molecule has 1 aromatic heterocycles. The second kappa shape index (κ2) is 9.84. The van der Waals surface area contributed by atoms with Gasteiger partial charge in [0.2, 0.25) is 11.8 Å². The Labute approximate surface area is 173 Å². The van der Waals surface area contributed by atoms with Gasteiger partial charge in [-0.05, 0) is 49.3 Å². The predicted molar refractivity (Wildman–Crippen MR) is 110 cm³/mol. The fourth-order valence-corrected chi connectivity index (χ4v) is 3.70. The van der Waals surface area contributed by atoms with Crippen molar-refractivity contribution in [2.24, 2.45) is 5.92 Å². The smallest absolute Gasteiger partial charge is 0.240 e. The Hall–Kier alpha value is -2.19. The molecular weight excluding hydrogens is 398 g/mol. The lowest BCUT2D eigenvalue weighted by Gasteiger charge is -2.20. The lowest BCUT2D eigenvalue weighted by Crippen LogP contribution is -2.39. The third-order valence-corrected chi connectivity index (χ3v) is 5.45. The molecule has 1 aliphatic carbocycles. The molecule has 2 amide bonds. The van der Waals surface area contributed by atoms with E-state index in [-0.39, 0.29) is 24.3 Å². The Morgan fingerprint density at radius 1 is 1.14 bits per heavy atom. The summed E-state index contributed by atoms with van der Waals surface area (Å²) in [5, 5.41) is 13.3. The van der Waals surface area contributed by atoms with Crippen molar-refractivity contribution in [1.29, 1.82) is 0 Å². The highest BCUT2D eigenvalue weighted by atomic mass is 35.5. The lowest BCUT2D eigenvalue weighted by molar-refractivity contribution is -0.126. The van der Waals surface area contributed by atoms with Crippen LogP contribution < -0.4 is 10.6 Å². The number of amides is 2. The van der Waals surface area contributed by atoms with Gasteiger partial charge in [0.05, 0.1) is 0 Å². The number of halogens is 1. The monoisotopic (exact) mass is 421 g/mol. The van der Waals surface area contributed by atoms with Crippen LogP contribution in [0.25, 0.3) is 11.4 Å². The van der Waals surface area contributed by atoms with Crippen molar-refractivity contribution in [2.45, 2.75) is 38.6 Å². The number of aromatic nitrogens is 3. The Bertz CT molecular complexity index is 871. The second-order valence-corrected chi connectivity index (χ2v) is 7.74. The van der Waals surface area contributed by atoms with Gasteiger partial charge in [0.25, 0.3) is 0 Å². The van der Waals surface area contributed by atoms with Gasteiger partial charge in [-0.15, -0.1) is 0 Å². The van der Waals surface area contributed by atoms with Gasteiger partial charge in [0.1, 0.15) is 6.54 Å². The largest absolute Gasteiger partial charge is 0.354 e. The Kier molecular flexibility index (Phi) is 7.22. The van der Waals surface area contributed by atoms with Crippen molar-refractivity contribution in [2.75, 3.05) is 13.1 Å². The number of carbonyl (C=O) groups excluding carboxylic acids is 2. The first-order chi connectivity index (χ1) is 13.5. The van der Waals surface area contributed by atoms with E-state index in [1.165, 1.54) is 6.42 Å². The number of nitrogens with zero attached hydrogens (tertiary/aromatic N) is 2. The third kappa shape index (κ3) is 5.42. The van der Waals surface area contributed by atoms with Crippen LogP contribution >= 0.6 is 23.8 Å². The van der Waals surface area contributed by atoms with Crippen molar-refractivity contribution in [3.63, 3.8) is 0 Å². The molecule has 9 heteroatoms. The van der Waals surface area contributed by atoms with E-state index in [0.29, 0.717) is 28.7 Å². The maximum Gasteiger partial charge on any atom is 0.240 e. The average Bonchev–Trinajstić information content (AvgIpc) is 3.06. The molecule has 1 saturated carbocycles. The molecule has 7 nitrogen and oxygen atoms in total. The molecular formula is C19H24ClN5O2S. The minimum atomic E-state index is -0.195. The fourth-order valence-electron chi connectivity index (χ4n) is 3.38. The quantitative estimate of drug-likeness (QED) is 0.473. The summed E-state index contributed by atoms with van der Waals surface area (Å²) < 4.78 is 2.00. The summed E-state index contributed by atoms with van der Waals surface area (Å²) in [5.74, 6) is 0.591. The molecule has 0 unspecified atom stereocenters. The number of aromatic amines is 1. The van der Waals surface area contributed by atoms with Gasteiger partial charge in [-0.1, -0.05) is 30.9 Å². The van der Waals surface area contributed by atoms with Gasteiger partial charge in [-0.3, -0.25) is 19.3 Å². The van der Waals surface area contributed by atoms with Crippen LogP contribution in [0.1, 0.15) is 32.1 Å². The first kappa shape index (κ1) is 20.5. The summed E-state index contributed by atoms with van der Waals surface area (Å²) >= 11 is 11.2. The molecule has 2 aromatic rings. The number of rotatable bonds is 7. The van der Waals surface area contributed by atoms with Gasteiger partial charge in [-0.25, -0.2) is 0 Å². The maximum absolute atomic E-state index is 12.3. The van der Waals surface area contributed by atoms with Crippen LogP contribution in [0.5, 0.6) is 0 Å². The zero-order chi connectivity index (χ0) is 19.9. The summed E-state index contributed by atoms with van der Waals surface area (Å²) in [6, 6.07) is 7.16. The topological polar surface area (TPSA) is 91.8 Å². The molecule has 28 heavy (non-hydrogen) atoms. The summed E-state index contributed by atoms with van der Waals surface area (Å²) in [6.07, 6.45) is 5.38. The van der Waals surface area contributed by atoms with Crippen molar-refractivity contribution >= 4 is 35.6 Å². The van der Waals surface area contributed by atoms with Crippen LogP contribution in [-0.2, 0) is 16.1 Å². The lowest BCUT2D eigenvalue weighted by atomic mass is 9.89. The fraction of sp³-hybridized carbons (Fsp3) is 0.474. The molecule has 0 atom stereocenters. The third-order valence-electron chi connectivity index (χ3n) is 4.88. The minimum absolute atomic E-state index is 0.0455. The van der Waals surface area contributed by atoms with Crippen molar-refractivity contribution in [3.8, 4) is 11.4 Å². The van der Waals surface area contributed by atoms with Crippen molar-refractivity contribution in [1.82, 2.24) is 25.4 Å². The molecule has 1 heterocycles. The molecule has 1 aromatic carbocycles. The molecule has 3 rings (SSSR count). The molecule has 0 bridgehead atoms. The summed E-state index contributed by atoms with van der Waals surface area (Å²) in [6.45, 7) is 0.838. The highest BCUT2D eigenvalue weighted by molar-refractivity contribution is 7.71. The highest BCUT2D eigenvalue weighted by Crippen LogP contribution is 2.23. The molecule has 150 valence electrons. The zero-order valence-corrected chi connectivity index (χ0v) is 17.1. The van der Waals surface area contributed by atoms with Crippen molar-refractivity contribution in [3.05, 3.63) is 34.1 Å². The van der Waals surface area contributed by atoms with E-state index in [1.807, 2.05) is 12.1 Å². The van der Waals surface area contributed by atoms with Crippen LogP contribution in [-0.4, -0.2) is 39.7 Å². The molecule has 0 saturated heterocycles. The number of hydrogen-bond donors (Lipinski definition) is 3. The SMILES string of the molecule is O=C(Cn1c(-c2ccc(Cl)cc2)n[nH]c1=S)NCCNC(=O)C1CCCCC1. The minimum Gasteiger partial charge on any atom is -0.354 e. The maximum atomic E-state index is 12.3. The molecule has 3 N–H and O–H groups in total. The number of nitrogens with one attached hydrogen (secondary N) is 3. The number of carbonyl (C=O) groups is 2. The Balaban J connectivity index is 1.49. The molecule has 0 spiro atoms. The van der Waals surface area contributed by atoms with Gasteiger partial charge >= 0.3 is 0 Å². The highest BCUT2D eigenvalue weighted by Gasteiger charge is 2.20. The number of H-pyrrole nitrogens is 1.